The van der Waals surface area contributed by atoms with Crippen LogP contribution in [0.15, 0.2) is 29.8 Å². The first-order valence-corrected chi connectivity index (χ1v) is 7.34. The second-order valence-electron chi connectivity index (χ2n) is 4.47. The number of nitrogens with zero attached hydrogens (tertiary/aromatic N) is 1. The number of ketones is 1. The van der Waals surface area contributed by atoms with E-state index in [0.29, 0.717) is 0 Å². The lowest BCUT2D eigenvalue weighted by molar-refractivity contribution is -0.137. The van der Waals surface area contributed by atoms with Crippen LogP contribution in [0.5, 0.6) is 0 Å². The summed E-state index contributed by atoms with van der Waals surface area (Å²) < 4.78 is 38.9. The summed E-state index contributed by atoms with van der Waals surface area (Å²) in [6, 6.07) is 2.88. The molecule has 0 spiro atoms. The highest BCUT2D eigenvalue weighted by Gasteiger charge is 2.35. The molecule has 0 bridgehead atoms. The predicted octanol–water partition coefficient (Wildman–Crippen LogP) is 2.94. The number of nitrogens with one attached hydrogen (secondary N) is 2. The second kappa shape index (κ2) is 7.21. The first kappa shape index (κ1) is 17.6. The first-order chi connectivity index (χ1) is 11.3. The SMILES string of the molecule is O=CNc1c(C(=O)CC(=O)Nc2nccs2)cccc1C(F)(F)F. The van der Waals surface area contributed by atoms with Crippen LogP contribution in [0, 0.1) is 0 Å². The van der Waals surface area contributed by atoms with Crippen LogP contribution in [-0.4, -0.2) is 23.1 Å². The third-order valence-electron chi connectivity index (χ3n) is 2.87. The molecule has 1 heterocycles. The maximum Gasteiger partial charge on any atom is 0.418 e. The summed E-state index contributed by atoms with van der Waals surface area (Å²) in [6.07, 6.45) is -3.96. The zero-order valence-corrected chi connectivity index (χ0v) is 12.7. The molecule has 0 aliphatic heterocycles. The van der Waals surface area contributed by atoms with Gasteiger partial charge in [0, 0.05) is 17.1 Å². The molecule has 0 atom stereocenters. The molecule has 1 aromatic carbocycles. The molecule has 6 nitrogen and oxygen atoms in total. The zero-order valence-electron chi connectivity index (χ0n) is 11.9. The van der Waals surface area contributed by atoms with Crippen molar-refractivity contribution in [1.29, 1.82) is 0 Å². The number of aromatic nitrogens is 1. The van der Waals surface area contributed by atoms with Gasteiger partial charge in [-0.05, 0) is 12.1 Å². The number of thiazole rings is 1. The summed E-state index contributed by atoms with van der Waals surface area (Å²) in [5, 5.41) is 6.12. The highest BCUT2D eigenvalue weighted by atomic mass is 32.1. The number of hydrogen-bond donors (Lipinski definition) is 2. The van der Waals surface area contributed by atoms with Crippen molar-refractivity contribution >= 4 is 40.3 Å². The summed E-state index contributed by atoms with van der Waals surface area (Å²) in [5.74, 6) is -1.58. The molecular formula is C14H10F3N3O3S. The fraction of sp³-hybridized carbons (Fsp3) is 0.143. The standard InChI is InChI=1S/C14H10F3N3O3S/c15-14(16,17)9-3-1-2-8(12(9)19-7-21)10(22)6-11(23)20-13-18-4-5-24-13/h1-5,7H,6H2,(H,19,21)(H,18,20,23). The van der Waals surface area contributed by atoms with E-state index in [1.807, 2.05) is 5.32 Å². The number of hydrogen-bond acceptors (Lipinski definition) is 5. The third kappa shape index (κ3) is 4.16. The Morgan fingerprint density at radius 1 is 1.29 bits per heavy atom. The average Bonchev–Trinajstić information content (AvgIpc) is 2.99. The molecule has 0 aliphatic rings. The van der Waals surface area contributed by atoms with E-state index < -0.39 is 41.1 Å². The van der Waals surface area contributed by atoms with E-state index in [1.165, 1.54) is 6.20 Å². The van der Waals surface area contributed by atoms with Crippen LogP contribution in [0.25, 0.3) is 0 Å². The minimum atomic E-state index is -4.76. The number of rotatable bonds is 6. The van der Waals surface area contributed by atoms with Gasteiger partial charge in [-0.25, -0.2) is 4.98 Å². The second-order valence-corrected chi connectivity index (χ2v) is 5.37. The molecule has 2 N–H and O–H groups in total. The van der Waals surface area contributed by atoms with Crippen molar-refractivity contribution in [2.75, 3.05) is 10.6 Å². The summed E-state index contributed by atoms with van der Waals surface area (Å²) in [7, 11) is 0. The van der Waals surface area contributed by atoms with Crippen LogP contribution < -0.4 is 10.6 Å². The van der Waals surface area contributed by atoms with Crippen LogP contribution >= 0.6 is 11.3 Å². The third-order valence-corrected chi connectivity index (χ3v) is 3.56. The van der Waals surface area contributed by atoms with Crippen molar-refractivity contribution in [3.63, 3.8) is 0 Å². The lowest BCUT2D eigenvalue weighted by atomic mass is 10.0. The summed E-state index contributed by atoms with van der Waals surface area (Å²) in [6.45, 7) is 0. The van der Waals surface area contributed by atoms with Gasteiger partial charge in [-0.15, -0.1) is 11.3 Å². The highest BCUT2D eigenvalue weighted by Crippen LogP contribution is 2.36. The molecule has 1 aromatic heterocycles. The predicted molar refractivity (Wildman–Crippen MR) is 80.8 cm³/mol. The minimum Gasteiger partial charge on any atom is -0.328 e. The zero-order chi connectivity index (χ0) is 17.7. The van der Waals surface area contributed by atoms with Crippen LogP contribution in [0.2, 0.25) is 0 Å². The molecule has 0 saturated heterocycles. The molecule has 0 saturated carbocycles. The quantitative estimate of drug-likeness (QED) is 0.473. The number of amides is 2. The molecule has 126 valence electrons. The Hall–Kier alpha value is -2.75. The Bertz CT molecular complexity index is 760. The number of benzene rings is 1. The normalized spacial score (nSPS) is 11.0. The Kier molecular flexibility index (Phi) is 5.29. The number of carbonyl (C=O) groups excluding carboxylic acids is 3. The van der Waals surface area contributed by atoms with E-state index in [-0.39, 0.29) is 11.5 Å². The van der Waals surface area contributed by atoms with Crippen molar-refractivity contribution in [2.45, 2.75) is 12.6 Å². The van der Waals surface area contributed by atoms with E-state index in [2.05, 4.69) is 10.3 Å². The van der Waals surface area contributed by atoms with Crippen LogP contribution in [0.4, 0.5) is 24.0 Å². The van der Waals surface area contributed by atoms with Crippen LogP contribution in [0.3, 0.4) is 0 Å². The first-order valence-electron chi connectivity index (χ1n) is 6.46. The molecule has 0 unspecified atom stereocenters. The summed E-state index contributed by atoms with van der Waals surface area (Å²) in [4.78, 5) is 38.3. The van der Waals surface area contributed by atoms with Crippen LogP contribution in [-0.2, 0) is 15.8 Å². The minimum absolute atomic E-state index is 0.0387. The smallest absolute Gasteiger partial charge is 0.328 e. The molecular weight excluding hydrogens is 347 g/mol. The van der Waals surface area contributed by atoms with Gasteiger partial charge in [-0.3, -0.25) is 14.4 Å². The number of alkyl halides is 3. The van der Waals surface area contributed by atoms with Crippen molar-refractivity contribution in [1.82, 2.24) is 4.98 Å². The molecule has 2 amide bonds. The Morgan fingerprint density at radius 3 is 2.62 bits per heavy atom. The van der Waals surface area contributed by atoms with Gasteiger partial charge in [0.1, 0.15) is 0 Å². The number of para-hydroxylation sites is 1. The highest BCUT2D eigenvalue weighted by molar-refractivity contribution is 7.13. The molecule has 2 rings (SSSR count). The van der Waals surface area contributed by atoms with Gasteiger partial charge < -0.3 is 10.6 Å². The number of carbonyl (C=O) groups is 3. The molecule has 0 fully saturated rings. The van der Waals surface area contributed by atoms with E-state index in [4.69, 9.17) is 0 Å². The van der Waals surface area contributed by atoms with E-state index in [0.717, 1.165) is 29.5 Å². The lowest BCUT2D eigenvalue weighted by Crippen LogP contribution is -2.19. The van der Waals surface area contributed by atoms with E-state index in [9.17, 15) is 27.6 Å². The van der Waals surface area contributed by atoms with Crippen molar-refractivity contribution in [3.8, 4) is 0 Å². The molecule has 0 radical (unpaired) electrons. The van der Waals surface area contributed by atoms with Gasteiger partial charge in [-0.2, -0.15) is 13.2 Å². The summed E-state index contributed by atoms with van der Waals surface area (Å²) in [5.41, 5.74) is -2.24. The maximum absolute atomic E-state index is 13.0. The van der Waals surface area contributed by atoms with Gasteiger partial charge in [-0.1, -0.05) is 6.07 Å². The van der Waals surface area contributed by atoms with E-state index >= 15 is 0 Å². The van der Waals surface area contributed by atoms with Crippen LogP contribution in [0.1, 0.15) is 22.3 Å². The molecule has 2 aromatic rings. The topological polar surface area (TPSA) is 88.2 Å². The van der Waals surface area contributed by atoms with Gasteiger partial charge in [0.15, 0.2) is 10.9 Å². The fourth-order valence-corrected chi connectivity index (χ4v) is 2.47. The summed E-state index contributed by atoms with van der Waals surface area (Å²) >= 11 is 1.13. The number of halogens is 3. The fourth-order valence-electron chi connectivity index (χ4n) is 1.93. The number of Topliss-reactive ketones (excluding diaryl/α,β-unsaturated/α-hetero) is 1. The molecule has 24 heavy (non-hydrogen) atoms. The maximum atomic E-state index is 13.0. The van der Waals surface area contributed by atoms with Gasteiger partial charge in [0.05, 0.1) is 17.7 Å². The largest absolute Gasteiger partial charge is 0.418 e. The van der Waals surface area contributed by atoms with E-state index in [1.54, 1.807) is 5.38 Å². The monoisotopic (exact) mass is 357 g/mol. The van der Waals surface area contributed by atoms with Gasteiger partial charge in [0.25, 0.3) is 0 Å². The van der Waals surface area contributed by atoms with Gasteiger partial charge in [0.2, 0.25) is 12.3 Å². The van der Waals surface area contributed by atoms with Crippen molar-refractivity contribution in [2.24, 2.45) is 0 Å². The molecule has 0 aliphatic carbocycles. The van der Waals surface area contributed by atoms with Gasteiger partial charge >= 0.3 is 6.18 Å². The number of anilines is 2. The van der Waals surface area contributed by atoms with Crippen molar-refractivity contribution in [3.05, 3.63) is 40.9 Å². The molecule has 10 heteroatoms. The Labute approximate surface area is 137 Å². The van der Waals surface area contributed by atoms with Crippen molar-refractivity contribution < 1.29 is 27.6 Å². The Balaban J connectivity index is 2.25. The lowest BCUT2D eigenvalue weighted by Gasteiger charge is -2.15. The average molecular weight is 357 g/mol. The Morgan fingerprint density at radius 2 is 2.04 bits per heavy atom.